The van der Waals surface area contributed by atoms with E-state index < -0.39 is 0 Å². The van der Waals surface area contributed by atoms with Crippen molar-refractivity contribution in [3.05, 3.63) is 40.2 Å². The van der Waals surface area contributed by atoms with Crippen LogP contribution in [0.3, 0.4) is 0 Å². The Kier molecular flexibility index (Phi) is 4.19. The number of ether oxygens (including phenoxy) is 1. The Bertz CT molecular complexity index is 668. The van der Waals surface area contributed by atoms with Crippen LogP contribution in [0.25, 0.3) is 10.9 Å². The third kappa shape index (κ3) is 3.14. The average molecular weight is 256 g/mol. The van der Waals surface area contributed by atoms with Gasteiger partial charge in [-0.05, 0) is 24.6 Å². The number of aromatic nitrogens is 1. The first-order chi connectivity index (χ1) is 9.24. The summed E-state index contributed by atoms with van der Waals surface area (Å²) < 4.78 is 5.58. The zero-order valence-electron chi connectivity index (χ0n) is 10.9. The molecule has 0 spiro atoms. The molecule has 0 amide bonds. The van der Waals surface area contributed by atoms with Crippen molar-refractivity contribution in [2.45, 2.75) is 26.2 Å². The number of nitriles is 1. The molecule has 1 aromatic heterocycles. The predicted molar refractivity (Wildman–Crippen MR) is 74.3 cm³/mol. The zero-order valence-corrected chi connectivity index (χ0v) is 10.9. The van der Waals surface area contributed by atoms with Crippen LogP contribution >= 0.6 is 0 Å². The van der Waals surface area contributed by atoms with Gasteiger partial charge in [0, 0.05) is 22.7 Å². The molecule has 0 aliphatic carbocycles. The molecule has 4 nitrogen and oxygen atoms in total. The third-order valence-corrected chi connectivity index (χ3v) is 2.89. The van der Waals surface area contributed by atoms with Gasteiger partial charge in [0.25, 0.3) is 0 Å². The summed E-state index contributed by atoms with van der Waals surface area (Å²) in [5.41, 5.74) is 1.29. The number of rotatable bonds is 5. The van der Waals surface area contributed by atoms with Crippen molar-refractivity contribution < 1.29 is 4.74 Å². The highest BCUT2D eigenvalue weighted by molar-refractivity contribution is 5.80. The first kappa shape index (κ1) is 13.2. The third-order valence-electron chi connectivity index (χ3n) is 2.89. The normalized spacial score (nSPS) is 10.3. The van der Waals surface area contributed by atoms with Crippen LogP contribution in [0.15, 0.2) is 29.1 Å². The fraction of sp³-hybridized carbons (Fsp3) is 0.333. The van der Waals surface area contributed by atoms with Gasteiger partial charge in [-0.1, -0.05) is 13.3 Å². The quantitative estimate of drug-likeness (QED) is 0.836. The minimum absolute atomic E-state index is 0.0834. The Labute approximate surface area is 111 Å². The van der Waals surface area contributed by atoms with Crippen LogP contribution in [-0.2, 0) is 6.42 Å². The van der Waals surface area contributed by atoms with Gasteiger partial charge in [-0.3, -0.25) is 4.79 Å². The zero-order chi connectivity index (χ0) is 13.7. The highest BCUT2D eigenvalue weighted by atomic mass is 16.5. The summed E-state index contributed by atoms with van der Waals surface area (Å²) in [5.74, 6) is 0.708. The maximum absolute atomic E-state index is 12.0. The molecule has 1 N–H and O–H groups in total. The molecule has 0 unspecified atom stereocenters. The maximum atomic E-state index is 12.0. The molecule has 2 aromatic rings. The molecular weight excluding hydrogens is 240 g/mol. The average Bonchev–Trinajstić information content (AvgIpc) is 2.40. The van der Waals surface area contributed by atoms with Crippen LogP contribution in [0.5, 0.6) is 5.75 Å². The minimum Gasteiger partial charge on any atom is -0.494 e. The summed E-state index contributed by atoms with van der Waals surface area (Å²) in [7, 11) is 0. The van der Waals surface area contributed by atoms with Crippen molar-refractivity contribution in [1.29, 1.82) is 5.26 Å². The molecule has 0 aliphatic heterocycles. The lowest BCUT2D eigenvalue weighted by molar-refractivity contribution is 0.310. The van der Waals surface area contributed by atoms with Crippen molar-refractivity contribution >= 4 is 10.9 Å². The SMILES string of the molecule is CCCCOc1ccc2[nH]c(CC#N)cc(=O)c2c1. The molecule has 0 aliphatic rings. The molecule has 0 bridgehead atoms. The predicted octanol–water partition coefficient (Wildman–Crippen LogP) is 2.77. The Morgan fingerprint density at radius 1 is 1.37 bits per heavy atom. The summed E-state index contributed by atoms with van der Waals surface area (Å²) in [6.45, 7) is 2.76. The molecular formula is C15H16N2O2. The fourth-order valence-corrected chi connectivity index (χ4v) is 1.89. The largest absolute Gasteiger partial charge is 0.494 e. The van der Waals surface area contributed by atoms with Gasteiger partial charge in [-0.2, -0.15) is 5.26 Å². The molecule has 1 heterocycles. The van der Waals surface area contributed by atoms with E-state index in [0.29, 0.717) is 23.4 Å². The number of H-pyrrole nitrogens is 1. The van der Waals surface area contributed by atoms with Crippen LogP contribution in [0.2, 0.25) is 0 Å². The van der Waals surface area contributed by atoms with E-state index in [9.17, 15) is 4.79 Å². The molecule has 4 heteroatoms. The van der Waals surface area contributed by atoms with Gasteiger partial charge >= 0.3 is 0 Å². The molecule has 0 saturated heterocycles. The van der Waals surface area contributed by atoms with Gasteiger partial charge in [0.1, 0.15) is 5.75 Å². The Morgan fingerprint density at radius 2 is 2.21 bits per heavy atom. The van der Waals surface area contributed by atoms with E-state index in [1.54, 1.807) is 6.07 Å². The molecule has 19 heavy (non-hydrogen) atoms. The molecule has 0 radical (unpaired) electrons. The van der Waals surface area contributed by atoms with E-state index in [-0.39, 0.29) is 11.8 Å². The lowest BCUT2D eigenvalue weighted by atomic mass is 10.1. The number of aromatic amines is 1. The van der Waals surface area contributed by atoms with Gasteiger partial charge in [0.2, 0.25) is 0 Å². The van der Waals surface area contributed by atoms with E-state index in [4.69, 9.17) is 10.00 Å². The molecule has 0 saturated carbocycles. The molecule has 0 atom stereocenters. The van der Waals surface area contributed by atoms with Gasteiger partial charge in [0.05, 0.1) is 19.1 Å². The topological polar surface area (TPSA) is 65.9 Å². The fourth-order valence-electron chi connectivity index (χ4n) is 1.89. The van der Waals surface area contributed by atoms with Gasteiger partial charge in [-0.25, -0.2) is 0 Å². The van der Waals surface area contributed by atoms with E-state index in [1.807, 2.05) is 18.2 Å². The number of benzene rings is 1. The van der Waals surface area contributed by atoms with E-state index in [0.717, 1.165) is 18.4 Å². The van der Waals surface area contributed by atoms with Crippen molar-refractivity contribution in [3.8, 4) is 11.8 Å². The second kappa shape index (κ2) is 6.05. The Morgan fingerprint density at radius 3 is 2.95 bits per heavy atom. The number of unbranched alkanes of at least 4 members (excludes halogenated alkanes) is 1. The molecule has 98 valence electrons. The standard InChI is InChI=1S/C15H16N2O2/c1-2-3-8-19-12-4-5-14-13(10-12)15(18)9-11(17-14)6-7-16/h4-5,9-10H,2-3,6,8H2,1H3,(H,17,18). The van der Waals surface area contributed by atoms with Crippen molar-refractivity contribution in [3.63, 3.8) is 0 Å². The second-order valence-electron chi connectivity index (χ2n) is 4.40. The molecule has 1 aromatic carbocycles. The van der Waals surface area contributed by atoms with Crippen molar-refractivity contribution in [2.75, 3.05) is 6.61 Å². The molecule has 0 fully saturated rings. The van der Waals surface area contributed by atoms with Crippen LogP contribution in [-0.4, -0.2) is 11.6 Å². The van der Waals surface area contributed by atoms with Crippen LogP contribution in [0.1, 0.15) is 25.5 Å². The van der Waals surface area contributed by atoms with Crippen molar-refractivity contribution in [2.24, 2.45) is 0 Å². The highest BCUT2D eigenvalue weighted by Gasteiger charge is 2.04. The summed E-state index contributed by atoms with van der Waals surface area (Å²) >= 11 is 0. The molecule has 2 rings (SSSR count). The minimum atomic E-state index is -0.0834. The number of pyridine rings is 1. The Hall–Kier alpha value is -2.28. The summed E-state index contributed by atoms with van der Waals surface area (Å²) in [6, 6.07) is 8.91. The summed E-state index contributed by atoms with van der Waals surface area (Å²) in [5, 5.41) is 9.25. The highest BCUT2D eigenvalue weighted by Crippen LogP contribution is 2.17. The lowest BCUT2D eigenvalue weighted by Gasteiger charge is -2.07. The van der Waals surface area contributed by atoms with Crippen LogP contribution in [0, 0.1) is 11.3 Å². The smallest absolute Gasteiger partial charge is 0.189 e. The number of nitrogens with one attached hydrogen (secondary N) is 1. The van der Waals surface area contributed by atoms with Gasteiger partial charge in [0.15, 0.2) is 5.43 Å². The second-order valence-corrected chi connectivity index (χ2v) is 4.40. The maximum Gasteiger partial charge on any atom is 0.189 e. The van der Waals surface area contributed by atoms with E-state index in [1.165, 1.54) is 6.07 Å². The van der Waals surface area contributed by atoms with Crippen molar-refractivity contribution in [1.82, 2.24) is 4.98 Å². The number of hydrogen-bond donors (Lipinski definition) is 1. The lowest BCUT2D eigenvalue weighted by Crippen LogP contribution is -2.05. The van der Waals surface area contributed by atoms with E-state index in [2.05, 4.69) is 11.9 Å². The monoisotopic (exact) mass is 256 g/mol. The van der Waals surface area contributed by atoms with Gasteiger partial charge < -0.3 is 9.72 Å². The van der Waals surface area contributed by atoms with Crippen LogP contribution in [0.4, 0.5) is 0 Å². The van der Waals surface area contributed by atoms with Gasteiger partial charge in [-0.15, -0.1) is 0 Å². The first-order valence-corrected chi connectivity index (χ1v) is 6.40. The van der Waals surface area contributed by atoms with E-state index >= 15 is 0 Å². The summed E-state index contributed by atoms with van der Waals surface area (Å²) in [4.78, 5) is 15.1. The number of fused-ring (bicyclic) bond motifs is 1. The number of nitrogens with zero attached hydrogens (tertiary/aromatic N) is 1. The first-order valence-electron chi connectivity index (χ1n) is 6.40. The summed E-state index contributed by atoms with van der Waals surface area (Å²) in [6.07, 6.45) is 2.28. The Balaban J connectivity index is 2.33. The number of hydrogen-bond acceptors (Lipinski definition) is 3. The van der Waals surface area contributed by atoms with Crippen LogP contribution < -0.4 is 10.2 Å².